The first kappa shape index (κ1) is 15.8. The third-order valence-corrected chi connectivity index (χ3v) is 4.59. The normalized spacial score (nSPS) is 14.9. The van der Waals surface area contributed by atoms with Crippen LogP contribution in [0.3, 0.4) is 0 Å². The van der Waals surface area contributed by atoms with Crippen molar-refractivity contribution in [2.75, 3.05) is 23.3 Å². The van der Waals surface area contributed by atoms with E-state index >= 15 is 0 Å². The molecular weight excluding hydrogens is 319 g/mol. The van der Waals surface area contributed by atoms with Crippen LogP contribution < -0.4 is 10.2 Å². The van der Waals surface area contributed by atoms with Gasteiger partial charge in [-0.05, 0) is 37.0 Å². The van der Waals surface area contributed by atoms with Crippen molar-refractivity contribution in [3.05, 3.63) is 41.8 Å². The number of piperidine rings is 1. The highest BCUT2D eigenvalue weighted by molar-refractivity contribution is 5.87. The molecule has 4 rings (SSSR count). The van der Waals surface area contributed by atoms with Gasteiger partial charge in [-0.3, -0.25) is 4.68 Å². The largest absolute Gasteiger partial charge is 0.365 e. The van der Waals surface area contributed by atoms with Crippen LogP contribution in [-0.4, -0.2) is 32.8 Å². The maximum Gasteiger partial charge on any atom is 0.229 e. The fourth-order valence-corrected chi connectivity index (χ4v) is 3.17. The van der Waals surface area contributed by atoms with Crippen LogP contribution in [0.2, 0.25) is 0 Å². The summed E-state index contributed by atoms with van der Waals surface area (Å²) in [4.78, 5) is 11.7. The second kappa shape index (κ2) is 6.66. The lowest BCUT2D eigenvalue weighted by molar-refractivity contribution is 0.568. The minimum Gasteiger partial charge on any atom is -0.365 e. The summed E-state index contributed by atoms with van der Waals surface area (Å²) in [7, 11) is 1.89. The van der Waals surface area contributed by atoms with Crippen molar-refractivity contribution >= 4 is 22.8 Å². The van der Waals surface area contributed by atoms with E-state index < -0.39 is 0 Å². The van der Waals surface area contributed by atoms with E-state index in [2.05, 4.69) is 15.3 Å². The number of aromatic nitrogens is 4. The Hall–Kier alpha value is -2.70. The van der Waals surface area contributed by atoms with Crippen molar-refractivity contribution in [3.63, 3.8) is 0 Å². The third kappa shape index (κ3) is 3.26. The summed E-state index contributed by atoms with van der Waals surface area (Å²) >= 11 is 0. The number of anilines is 2. The average molecular weight is 340 g/mol. The van der Waals surface area contributed by atoms with Crippen molar-refractivity contribution in [3.8, 4) is 0 Å². The van der Waals surface area contributed by atoms with Crippen LogP contribution in [0.5, 0.6) is 0 Å². The van der Waals surface area contributed by atoms with Gasteiger partial charge in [-0.2, -0.15) is 15.1 Å². The van der Waals surface area contributed by atoms with Gasteiger partial charge in [0.1, 0.15) is 11.6 Å². The van der Waals surface area contributed by atoms with Crippen LogP contribution in [0.1, 0.15) is 24.8 Å². The molecule has 1 fully saturated rings. The van der Waals surface area contributed by atoms with Gasteiger partial charge in [0.15, 0.2) is 5.65 Å². The Balaban J connectivity index is 1.64. The Morgan fingerprint density at radius 3 is 2.60 bits per heavy atom. The molecule has 0 spiro atoms. The first-order valence-corrected chi connectivity index (χ1v) is 8.64. The molecule has 3 heterocycles. The van der Waals surface area contributed by atoms with Crippen molar-refractivity contribution in [2.24, 2.45) is 7.05 Å². The molecule has 0 bridgehead atoms. The van der Waals surface area contributed by atoms with Gasteiger partial charge in [0.2, 0.25) is 5.95 Å². The maximum atomic E-state index is 13.1. The number of halogens is 1. The van der Waals surface area contributed by atoms with Gasteiger partial charge in [0.25, 0.3) is 0 Å². The zero-order chi connectivity index (χ0) is 17.2. The summed E-state index contributed by atoms with van der Waals surface area (Å²) in [5, 5.41) is 8.57. The number of hydrogen-bond donors (Lipinski definition) is 1. The molecule has 6 nitrogen and oxygen atoms in total. The smallest absolute Gasteiger partial charge is 0.229 e. The van der Waals surface area contributed by atoms with Gasteiger partial charge in [-0.15, -0.1) is 0 Å². The van der Waals surface area contributed by atoms with Gasteiger partial charge < -0.3 is 10.2 Å². The first-order chi connectivity index (χ1) is 12.2. The SMILES string of the molecule is Cn1ncc2c(NCc3ccc(F)cc3)nc(N3CCCCC3)nc21. The van der Waals surface area contributed by atoms with Crippen molar-refractivity contribution in [1.82, 2.24) is 19.7 Å². The number of benzene rings is 1. The van der Waals surface area contributed by atoms with Crippen LogP contribution in [-0.2, 0) is 13.6 Å². The number of nitrogens with one attached hydrogen (secondary N) is 1. The second-order valence-electron chi connectivity index (χ2n) is 6.41. The molecule has 1 saturated heterocycles. The summed E-state index contributed by atoms with van der Waals surface area (Å²) in [5.74, 6) is 1.29. The molecule has 1 N–H and O–H groups in total. The molecule has 0 aliphatic carbocycles. The molecule has 25 heavy (non-hydrogen) atoms. The first-order valence-electron chi connectivity index (χ1n) is 8.64. The predicted molar refractivity (Wildman–Crippen MR) is 96.1 cm³/mol. The Morgan fingerprint density at radius 1 is 1.08 bits per heavy atom. The molecule has 2 aromatic heterocycles. The van der Waals surface area contributed by atoms with Crippen molar-refractivity contribution in [2.45, 2.75) is 25.8 Å². The highest BCUT2D eigenvalue weighted by Crippen LogP contribution is 2.25. The summed E-state index contributed by atoms with van der Waals surface area (Å²) in [5.41, 5.74) is 1.81. The minimum absolute atomic E-state index is 0.229. The topological polar surface area (TPSA) is 58.9 Å². The third-order valence-electron chi connectivity index (χ3n) is 4.59. The molecular formula is C18H21FN6. The van der Waals surface area contributed by atoms with E-state index in [1.54, 1.807) is 23.0 Å². The highest BCUT2D eigenvalue weighted by atomic mass is 19.1. The monoisotopic (exact) mass is 340 g/mol. The molecule has 130 valence electrons. The molecule has 1 aliphatic rings. The van der Waals surface area contributed by atoms with E-state index in [4.69, 9.17) is 9.97 Å². The number of aryl methyl sites for hydroxylation is 1. The fourth-order valence-electron chi connectivity index (χ4n) is 3.17. The van der Waals surface area contributed by atoms with Gasteiger partial charge in [0.05, 0.1) is 11.6 Å². The quantitative estimate of drug-likeness (QED) is 0.791. The molecule has 0 amide bonds. The lowest BCUT2D eigenvalue weighted by atomic mass is 10.1. The molecule has 1 aromatic carbocycles. The molecule has 0 unspecified atom stereocenters. The van der Waals surface area contributed by atoms with Gasteiger partial charge in [-0.25, -0.2) is 4.39 Å². The van der Waals surface area contributed by atoms with E-state index in [1.807, 2.05) is 7.05 Å². The molecule has 1 aliphatic heterocycles. The number of nitrogens with zero attached hydrogens (tertiary/aromatic N) is 5. The zero-order valence-electron chi connectivity index (χ0n) is 14.2. The van der Waals surface area contributed by atoms with E-state index in [0.29, 0.717) is 6.54 Å². The van der Waals surface area contributed by atoms with Gasteiger partial charge >= 0.3 is 0 Å². The molecule has 0 saturated carbocycles. The number of fused-ring (bicyclic) bond motifs is 1. The Kier molecular flexibility index (Phi) is 4.21. The Morgan fingerprint density at radius 2 is 1.84 bits per heavy atom. The molecule has 7 heteroatoms. The van der Waals surface area contributed by atoms with Crippen LogP contribution >= 0.6 is 0 Å². The number of hydrogen-bond acceptors (Lipinski definition) is 5. The molecule has 0 atom stereocenters. The van der Waals surface area contributed by atoms with Crippen molar-refractivity contribution in [1.29, 1.82) is 0 Å². The minimum atomic E-state index is -0.229. The lowest BCUT2D eigenvalue weighted by Gasteiger charge is -2.27. The number of rotatable bonds is 4. The average Bonchev–Trinajstić information content (AvgIpc) is 3.03. The van der Waals surface area contributed by atoms with E-state index in [1.165, 1.54) is 31.4 Å². The molecule has 3 aromatic rings. The second-order valence-corrected chi connectivity index (χ2v) is 6.41. The summed E-state index contributed by atoms with van der Waals surface area (Å²) in [6, 6.07) is 6.48. The molecule has 0 radical (unpaired) electrons. The lowest BCUT2D eigenvalue weighted by Crippen LogP contribution is -2.31. The highest BCUT2D eigenvalue weighted by Gasteiger charge is 2.18. The van der Waals surface area contributed by atoms with Gasteiger partial charge in [0, 0.05) is 26.7 Å². The van der Waals surface area contributed by atoms with Crippen LogP contribution in [0.25, 0.3) is 11.0 Å². The van der Waals surface area contributed by atoms with Gasteiger partial charge in [-0.1, -0.05) is 12.1 Å². The van der Waals surface area contributed by atoms with E-state index in [9.17, 15) is 4.39 Å². The van der Waals surface area contributed by atoms with Crippen LogP contribution in [0.15, 0.2) is 30.5 Å². The standard InChI is InChI=1S/C18H21FN6/c1-24-17-15(12-21-24)16(20-11-13-5-7-14(19)8-6-13)22-18(23-17)25-9-3-2-4-10-25/h5-8,12H,2-4,9-11H2,1H3,(H,20,22,23). The Labute approximate surface area is 145 Å². The van der Waals surface area contributed by atoms with Crippen molar-refractivity contribution < 1.29 is 4.39 Å². The van der Waals surface area contributed by atoms with E-state index in [-0.39, 0.29) is 5.82 Å². The maximum absolute atomic E-state index is 13.1. The van der Waals surface area contributed by atoms with E-state index in [0.717, 1.165) is 41.5 Å². The fraction of sp³-hybridized carbons (Fsp3) is 0.389. The summed E-state index contributed by atoms with van der Waals surface area (Å²) in [6.45, 7) is 2.54. The van der Waals surface area contributed by atoms with Crippen LogP contribution in [0, 0.1) is 5.82 Å². The summed E-state index contributed by atoms with van der Waals surface area (Å²) < 4.78 is 14.8. The van der Waals surface area contributed by atoms with Crippen LogP contribution in [0.4, 0.5) is 16.2 Å². The Bertz CT molecular complexity index is 867. The summed E-state index contributed by atoms with van der Waals surface area (Å²) in [6.07, 6.45) is 5.39. The predicted octanol–water partition coefficient (Wildman–Crippen LogP) is 3.10. The zero-order valence-corrected chi connectivity index (χ0v) is 14.2.